The molecule has 1 aromatic heterocycles. The molecule has 0 atom stereocenters. The number of nitrogens with zero attached hydrogens (tertiary/aromatic N) is 1. The molecule has 0 N–H and O–H groups in total. The van der Waals surface area contributed by atoms with E-state index in [4.69, 9.17) is 4.42 Å². The first-order valence-electron chi connectivity index (χ1n) is 17.1. The summed E-state index contributed by atoms with van der Waals surface area (Å²) >= 11 is 0. The Labute approximate surface area is 290 Å². The molecule has 2 nitrogen and oxygen atoms in total. The van der Waals surface area contributed by atoms with E-state index in [9.17, 15) is 0 Å². The Bertz CT molecular complexity index is 2870. The third-order valence-electron chi connectivity index (χ3n) is 10.0. The van der Waals surface area contributed by atoms with Crippen LogP contribution < -0.4 is 4.90 Å². The second kappa shape index (κ2) is 11.5. The minimum absolute atomic E-state index is 0.870. The third-order valence-corrected chi connectivity index (χ3v) is 10.0. The molecule has 0 aliphatic carbocycles. The summed E-state index contributed by atoms with van der Waals surface area (Å²) in [5.74, 6) is 0. The van der Waals surface area contributed by atoms with Gasteiger partial charge in [-0.2, -0.15) is 0 Å². The highest BCUT2D eigenvalue weighted by molar-refractivity contribution is 6.14. The Morgan fingerprint density at radius 1 is 0.320 bits per heavy atom. The smallest absolute Gasteiger partial charge is 0.137 e. The largest absolute Gasteiger partial charge is 0.456 e. The van der Waals surface area contributed by atoms with E-state index in [2.05, 4.69) is 193 Å². The van der Waals surface area contributed by atoms with E-state index in [0.29, 0.717) is 0 Å². The number of furan rings is 1. The number of anilines is 3. The first-order valence-corrected chi connectivity index (χ1v) is 17.1. The van der Waals surface area contributed by atoms with Crippen molar-refractivity contribution in [3.05, 3.63) is 188 Å². The van der Waals surface area contributed by atoms with Crippen LogP contribution in [0.1, 0.15) is 0 Å². The summed E-state index contributed by atoms with van der Waals surface area (Å²) in [4.78, 5) is 2.35. The molecule has 1 heterocycles. The number of benzene rings is 9. The first kappa shape index (κ1) is 28.4. The van der Waals surface area contributed by atoms with Crippen LogP contribution in [-0.2, 0) is 0 Å². The molecule has 0 spiro atoms. The maximum absolute atomic E-state index is 6.56. The lowest BCUT2D eigenvalue weighted by molar-refractivity contribution is 0.669. The summed E-state index contributed by atoms with van der Waals surface area (Å²) in [6, 6.07) is 67.5. The summed E-state index contributed by atoms with van der Waals surface area (Å²) in [6.45, 7) is 0. The van der Waals surface area contributed by atoms with Crippen LogP contribution in [0.15, 0.2) is 192 Å². The van der Waals surface area contributed by atoms with Crippen molar-refractivity contribution in [1.29, 1.82) is 0 Å². The predicted octanol–water partition coefficient (Wildman–Crippen LogP) is 13.8. The highest BCUT2D eigenvalue weighted by Gasteiger charge is 2.19. The predicted molar refractivity (Wildman–Crippen MR) is 212 cm³/mol. The van der Waals surface area contributed by atoms with Gasteiger partial charge in [0.05, 0.1) is 5.69 Å². The average molecular weight is 638 g/mol. The second-order valence-corrected chi connectivity index (χ2v) is 12.9. The molecule has 0 aliphatic rings. The highest BCUT2D eigenvalue weighted by atomic mass is 16.3. The van der Waals surface area contributed by atoms with Crippen molar-refractivity contribution < 1.29 is 4.42 Å². The Kier molecular flexibility index (Phi) is 6.53. The highest BCUT2D eigenvalue weighted by Crippen LogP contribution is 2.44. The van der Waals surface area contributed by atoms with Crippen LogP contribution in [0.5, 0.6) is 0 Å². The fraction of sp³-hybridized carbons (Fsp3) is 0. The zero-order chi connectivity index (χ0) is 33.0. The van der Waals surface area contributed by atoms with Gasteiger partial charge in [-0.05, 0) is 97.5 Å². The van der Waals surface area contributed by atoms with Crippen molar-refractivity contribution in [3.8, 4) is 22.3 Å². The quantitative estimate of drug-likeness (QED) is 0.175. The van der Waals surface area contributed by atoms with Gasteiger partial charge in [0.25, 0.3) is 0 Å². The van der Waals surface area contributed by atoms with E-state index >= 15 is 0 Å². The molecule has 0 aliphatic heterocycles. The fourth-order valence-electron chi connectivity index (χ4n) is 7.63. The minimum atomic E-state index is 0.870. The molecule has 0 saturated carbocycles. The Morgan fingerprint density at radius 2 is 0.920 bits per heavy atom. The van der Waals surface area contributed by atoms with Gasteiger partial charge in [0.1, 0.15) is 11.2 Å². The molecule has 2 heteroatoms. The number of hydrogen-bond acceptors (Lipinski definition) is 2. The van der Waals surface area contributed by atoms with Gasteiger partial charge < -0.3 is 9.32 Å². The standard InChI is InChI=1S/C48H31NO/c1-2-12-32(13-3-1)40-18-10-11-21-46(40)49(38-26-27-43-45-28-34-14-4-5-15-35(34)30-47(45)50-48(43)31-38)37-24-22-33(23-25-37)44-29-36-16-6-7-17-39(36)41-19-8-9-20-42(41)44/h1-31H. The van der Waals surface area contributed by atoms with Gasteiger partial charge in [0.2, 0.25) is 0 Å². The van der Waals surface area contributed by atoms with Crippen molar-refractivity contribution in [2.24, 2.45) is 0 Å². The van der Waals surface area contributed by atoms with Crippen LogP contribution in [0.4, 0.5) is 17.1 Å². The Hall–Kier alpha value is -6.64. The summed E-state index contributed by atoms with van der Waals surface area (Å²) in [5.41, 5.74) is 9.73. The van der Waals surface area contributed by atoms with Crippen LogP contribution in [0.3, 0.4) is 0 Å². The summed E-state index contributed by atoms with van der Waals surface area (Å²) in [5, 5.41) is 9.69. The SMILES string of the molecule is c1ccc(-c2ccccc2N(c2ccc(-c3cc4ccccc4c4ccccc34)cc2)c2ccc3c(c2)oc2cc4ccccc4cc23)cc1. The molecular weight excluding hydrogens is 607 g/mol. The van der Waals surface area contributed by atoms with Crippen LogP contribution in [0, 0.1) is 0 Å². The lowest BCUT2D eigenvalue weighted by atomic mass is 9.93. The monoisotopic (exact) mass is 637 g/mol. The molecule has 0 saturated heterocycles. The Balaban J connectivity index is 1.15. The number of hydrogen-bond donors (Lipinski definition) is 0. The molecule has 234 valence electrons. The topological polar surface area (TPSA) is 16.4 Å². The zero-order valence-corrected chi connectivity index (χ0v) is 27.3. The first-order chi connectivity index (χ1) is 24.8. The third kappa shape index (κ3) is 4.65. The van der Waals surface area contributed by atoms with Gasteiger partial charge in [-0.15, -0.1) is 0 Å². The van der Waals surface area contributed by atoms with E-state index in [0.717, 1.165) is 44.6 Å². The maximum atomic E-state index is 6.56. The average Bonchev–Trinajstić information content (AvgIpc) is 3.54. The molecule has 0 fully saturated rings. The van der Waals surface area contributed by atoms with E-state index in [1.807, 2.05) is 0 Å². The molecule has 10 rings (SSSR count). The maximum Gasteiger partial charge on any atom is 0.137 e. The van der Waals surface area contributed by atoms with Gasteiger partial charge in [0, 0.05) is 33.8 Å². The van der Waals surface area contributed by atoms with Crippen molar-refractivity contribution >= 4 is 71.3 Å². The van der Waals surface area contributed by atoms with Gasteiger partial charge in [0.15, 0.2) is 0 Å². The summed E-state index contributed by atoms with van der Waals surface area (Å²) in [7, 11) is 0. The van der Waals surface area contributed by atoms with Gasteiger partial charge in [-0.1, -0.05) is 133 Å². The molecule has 0 radical (unpaired) electrons. The van der Waals surface area contributed by atoms with E-state index in [-0.39, 0.29) is 0 Å². The summed E-state index contributed by atoms with van der Waals surface area (Å²) < 4.78 is 6.56. The number of fused-ring (bicyclic) bond motifs is 7. The van der Waals surface area contributed by atoms with Crippen LogP contribution in [0.2, 0.25) is 0 Å². The van der Waals surface area contributed by atoms with Crippen molar-refractivity contribution in [3.63, 3.8) is 0 Å². The zero-order valence-electron chi connectivity index (χ0n) is 27.3. The molecule has 10 aromatic rings. The number of para-hydroxylation sites is 1. The molecule has 50 heavy (non-hydrogen) atoms. The van der Waals surface area contributed by atoms with Crippen LogP contribution in [-0.4, -0.2) is 0 Å². The molecule has 0 bridgehead atoms. The van der Waals surface area contributed by atoms with Crippen LogP contribution in [0.25, 0.3) is 76.5 Å². The molecule has 9 aromatic carbocycles. The normalized spacial score (nSPS) is 11.6. The minimum Gasteiger partial charge on any atom is -0.456 e. The van der Waals surface area contributed by atoms with Gasteiger partial charge >= 0.3 is 0 Å². The van der Waals surface area contributed by atoms with Crippen molar-refractivity contribution in [2.45, 2.75) is 0 Å². The van der Waals surface area contributed by atoms with Crippen LogP contribution >= 0.6 is 0 Å². The van der Waals surface area contributed by atoms with E-state index in [1.54, 1.807) is 0 Å². The van der Waals surface area contributed by atoms with E-state index < -0.39 is 0 Å². The second-order valence-electron chi connectivity index (χ2n) is 12.9. The molecular formula is C48H31NO. The molecule has 0 amide bonds. The van der Waals surface area contributed by atoms with Crippen molar-refractivity contribution in [1.82, 2.24) is 0 Å². The molecule has 0 unspecified atom stereocenters. The Morgan fingerprint density at radius 3 is 1.74 bits per heavy atom. The van der Waals surface area contributed by atoms with E-state index in [1.165, 1.54) is 49.0 Å². The summed E-state index contributed by atoms with van der Waals surface area (Å²) in [6.07, 6.45) is 0. The van der Waals surface area contributed by atoms with Gasteiger partial charge in [-0.3, -0.25) is 0 Å². The lowest BCUT2D eigenvalue weighted by Gasteiger charge is -2.28. The lowest BCUT2D eigenvalue weighted by Crippen LogP contribution is -2.11. The number of rotatable bonds is 5. The fourth-order valence-corrected chi connectivity index (χ4v) is 7.63. The van der Waals surface area contributed by atoms with Crippen molar-refractivity contribution in [2.75, 3.05) is 4.90 Å². The van der Waals surface area contributed by atoms with Gasteiger partial charge in [-0.25, -0.2) is 0 Å².